The highest BCUT2D eigenvalue weighted by Gasteiger charge is 2.11. The molecule has 0 bridgehead atoms. The molecule has 134 valence electrons. The molecule has 2 aromatic carbocycles. The molecule has 0 aliphatic heterocycles. The first-order valence-corrected chi connectivity index (χ1v) is 8.55. The van der Waals surface area contributed by atoms with Crippen LogP contribution in [-0.2, 0) is 6.54 Å². The number of nitrogens with zero attached hydrogens (tertiary/aromatic N) is 2. The molecule has 1 heterocycles. The summed E-state index contributed by atoms with van der Waals surface area (Å²) < 4.78 is 1.52. The van der Waals surface area contributed by atoms with E-state index in [2.05, 4.69) is 5.32 Å². The molecule has 0 fully saturated rings. The highest BCUT2D eigenvalue weighted by Crippen LogP contribution is 2.15. The molecule has 0 atom stereocenters. The SMILES string of the molecule is Cc1ccc(C)c(Cn2cc(C(=O)Nc3ccccc3C#N)ccc2=O)c1. The van der Waals surface area contributed by atoms with Gasteiger partial charge in [-0.25, -0.2) is 0 Å². The van der Waals surface area contributed by atoms with Gasteiger partial charge in [-0.05, 0) is 43.2 Å². The van der Waals surface area contributed by atoms with E-state index in [0.717, 1.165) is 16.7 Å². The van der Waals surface area contributed by atoms with Crippen LogP contribution >= 0.6 is 0 Å². The van der Waals surface area contributed by atoms with Gasteiger partial charge in [0, 0.05) is 12.3 Å². The number of para-hydroxylation sites is 1. The number of aromatic nitrogens is 1. The summed E-state index contributed by atoms with van der Waals surface area (Å²) in [5, 5.41) is 11.9. The Bertz CT molecular complexity index is 1110. The molecule has 1 amide bonds. The number of nitrogens with one attached hydrogen (secondary N) is 1. The molecule has 5 nitrogen and oxygen atoms in total. The second-order valence-corrected chi connectivity index (χ2v) is 6.43. The first-order valence-electron chi connectivity index (χ1n) is 8.55. The van der Waals surface area contributed by atoms with E-state index < -0.39 is 0 Å². The Kier molecular flexibility index (Phi) is 5.18. The number of rotatable bonds is 4. The summed E-state index contributed by atoms with van der Waals surface area (Å²) in [6.07, 6.45) is 1.55. The van der Waals surface area contributed by atoms with E-state index in [4.69, 9.17) is 5.26 Å². The third kappa shape index (κ3) is 4.13. The van der Waals surface area contributed by atoms with Gasteiger partial charge in [0.15, 0.2) is 0 Å². The molecule has 0 spiro atoms. The van der Waals surface area contributed by atoms with Crippen LogP contribution < -0.4 is 10.9 Å². The molecule has 0 saturated carbocycles. The van der Waals surface area contributed by atoms with Crippen molar-refractivity contribution in [3.63, 3.8) is 0 Å². The van der Waals surface area contributed by atoms with Gasteiger partial charge >= 0.3 is 0 Å². The topological polar surface area (TPSA) is 74.9 Å². The van der Waals surface area contributed by atoms with E-state index in [9.17, 15) is 9.59 Å². The fourth-order valence-electron chi connectivity index (χ4n) is 2.83. The minimum atomic E-state index is -0.368. The number of carbonyl (C=O) groups excluding carboxylic acids is 1. The third-order valence-corrected chi connectivity index (χ3v) is 4.39. The number of hydrogen-bond donors (Lipinski definition) is 1. The lowest BCUT2D eigenvalue weighted by atomic mass is 10.1. The van der Waals surface area contributed by atoms with Crippen molar-refractivity contribution >= 4 is 11.6 Å². The quantitative estimate of drug-likeness (QED) is 0.775. The highest BCUT2D eigenvalue weighted by atomic mass is 16.2. The zero-order chi connectivity index (χ0) is 19.4. The number of carbonyl (C=O) groups is 1. The second kappa shape index (κ2) is 7.71. The molecule has 0 unspecified atom stereocenters. The molecule has 3 rings (SSSR count). The van der Waals surface area contributed by atoms with E-state index >= 15 is 0 Å². The second-order valence-electron chi connectivity index (χ2n) is 6.43. The van der Waals surface area contributed by atoms with E-state index in [1.165, 1.54) is 16.7 Å². The fourth-order valence-corrected chi connectivity index (χ4v) is 2.83. The zero-order valence-electron chi connectivity index (χ0n) is 15.2. The number of anilines is 1. The first kappa shape index (κ1) is 18.2. The van der Waals surface area contributed by atoms with E-state index in [1.807, 2.05) is 38.1 Å². The predicted molar refractivity (Wildman–Crippen MR) is 105 cm³/mol. The third-order valence-electron chi connectivity index (χ3n) is 4.39. The van der Waals surface area contributed by atoms with Crippen LogP contribution in [0.4, 0.5) is 5.69 Å². The minimum absolute atomic E-state index is 0.176. The first-order chi connectivity index (χ1) is 13.0. The Labute approximate surface area is 157 Å². The summed E-state index contributed by atoms with van der Waals surface area (Å²) in [7, 11) is 0. The molecule has 0 radical (unpaired) electrons. The van der Waals surface area contributed by atoms with E-state index in [0.29, 0.717) is 23.4 Å². The van der Waals surface area contributed by atoms with Crippen LogP contribution in [-0.4, -0.2) is 10.5 Å². The summed E-state index contributed by atoms with van der Waals surface area (Å²) in [4.78, 5) is 24.8. The van der Waals surface area contributed by atoms with E-state index in [1.54, 1.807) is 30.5 Å². The maximum atomic E-state index is 12.6. The zero-order valence-corrected chi connectivity index (χ0v) is 15.2. The van der Waals surface area contributed by atoms with Crippen molar-refractivity contribution in [3.8, 4) is 6.07 Å². The summed E-state index contributed by atoms with van der Waals surface area (Å²) in [6.45, 7) is 4.39. The number of hydrogen-bond acceptors (Lipinski definition) is 3. The lowest BCUT2D eigenvalue weighted by Gasteiger charge is -2.12. The number of nitriles is 1. The monoisotopic (exact) mass is 357 g/mol. The van der Waals surface area contributed by atoms with Crippen molar-refractivity contribution in [2.45, 2.75) is 20.4 Å². The average molecular weight is 357 g/mol. The maximum absolute atomic E-state index is 12.6. The van der Waals surface area contributed by atoms with Crippen molar-refractivity contribution in [2.24, 2.45) is 0 Å². The van der Waals surface area contributed by atoms with Crippen LogP contribution in [0.5, 0.6) is 0 Å². The molecular formula is C22H19N3O2. The Morgan fingerprint density at radius 3 is 2.67 bits per heavy atom. The highest BCUT2D eigenvalue weighted by molar-refractivity contribution is 6.04. The maximum Gasteiger partial charge on any atom is 0.257 e. The molecule has 0 saturated heterocycles. The molecule has 27 heavy (non-hydrogen) atoms. The minimum Gasteiger partial charge on any atom is -0.321 e. The molecule has 3 aromatic rings. The van der Waals surface area contributed by atoms with Gasteiger partial charge in [-0.3, -0.25) is 9.59 Å². The molecule has 1 aromatic heterocycles. The molecule has 0 aliphatic rings. The Balaban J connectivity index is 1.89. The van der Waals surface area contributed by atoms with Gasteiger partial charge in [-0.1, -0.05) is 35.9 Å². The van der Waals surface area contributed by atoms with Crippen LogP contribution in [0.3, 0.4) is 0 Å². The van der Waals surface area contributed by atoms with E-state index in [-0.39, 0.29) is 11.5 Å². The van der Waals surface area contributed by atoms with Crippen molar-refractivity contribution < 1.29 is 4.79 Å². The average Bonchev–Trinajstić information content (AvgIpc) is 2.66. The van der Waals surface area contributed by atoms with Crippen molar-refractivity contribution in [1.29, 1.82) is 5.26 Å². The van der Waals surface area contributed by atoms with Crippen LogP contribution in [0.1, 0.15) is 32.6 Å². The van der Waals surface area contributed by atoms with Crippen LogP contribution in [0.15, 0.2) is 65.6 Å². The Morgan fingerprint density at radius 2 is 1.89 bits per heavy atom. The number of pyridine rings is 1. The molecular weight excluding hydrogens is 338 g/mol. The lowest BCUT2D eigenvalue weighted by Crippen LogP contribution is -2.23. The van der Waals surface area contributed by atoms with Crippen molar-refractivity contribution in [2.75, 3.05) is 5.32 Å². The largest absolute Gasteiger partial charge is 0.321 e. The molecule has 0 aliphatic carbocycles. The smallest absolute Gasteiger partial charge is 0.257 e. The normalized spacial score (nSPS) is 10.3. The van der Waals surface area contributed by atoms with Gasteiger partial charge < -0.3 is 9.88 Å². The lowest BCUT2D eigenvalue weighted by molar-refractivity contribution is 0.102. The van der Waals surface area contributed by atoms with Gasteiger partial charge in [0.1, 0.15) is 6.07 Å². The Hall–Kier alpha value is -3.65. The summed E-state index contributed by atoms with van der Waals surface area (Å²) >= 11 is 0. The number of aryl methyl sites for hydroxylation is 2. The van der Waals surface area contributed by atoms with Gasteiger partial charge in [-0.15, -0.1) is 0 Å². The Morgan fingerprint density at radius 1 is 1.11 bits per heavy atom. The summed E-state index contributed by atoms with van der Waals surface area (Å²) in [5.41, 5.74) is 4.24. The van der Waals surface area contributed by atoms with Gasteiger partial charge in [0.05, 0.1) is 23.4 Å². The van der Waals surface area contributed by atoms with Gasteiger partial charge in [0.25, 0.3) is 11.5 Å². The predicted octanol–water partition coefficient (Wildman–Crippen LogP) is 3.64. The fraction of sp³-hybridized carbons (Fsp3) is 0.136. The van der Waals surface area contributed by atoms with Gasteiger partial charge in [0.2, 0.25) is 0 Å². The van der Waals surface area contributed by atoms with Crippen molar-refractivity contribution in [1.82, 2.24) is 4.57 Å². The number of benzene rings is 2. The summed E-state index contributed by atoms with van der Waals surface area (Å²) in [6, 6.07) is 17.8. The number of amides is 1. The molecule has 1 N–H and O–H groups in total. The van der Waals surface area contributed by atoms with Crippen LogP contribution in [0.2, 0.25) is 0 Å². The summed E-state index contributed by atoms with van der Waals surface area (Å²) in [5.74, 6) is -0.368. The van der Waals surface area contributed by atoms with Gasteiger partial charge in [-0.2, -0.15) is 5.26 Å². The molecule has 5 heteroatoms. The van der Waals surface area contributed by atoms with Crippen LogP contribution in [0, 0.1) is 25.2 Å². The van der Waals surface area contributed by atoms with Crippen molar-refractivity contribution in [3.05, 3.63) is 99.0 Å². The van der Waals surface area contributed by atoms with Crippen LogP contribution in [0.25, 0.3) is 0 Å². The standard InChI is InChI=1S/C22H19N3O2/c1-15-7-8-16(2)19(11-15)14-25-13-18(9-10-21(25)26)22(27)24-20-6-4-3-5-17(20)12-23/h3-11,13H,14H2,1-2H3,(H,24,27).